The van der Waals surface area contributed by atoms with Crippen molar-refractivity contribution in [2.45, 2.75) is 6.92 Å². The molecule has 0 aromatic carbocycles. The summed E-state index contributed by atoms with van der Waals surface area (Å²) in [5.41, 5.74) is 0.942. The van der Waals surface area contributed by atoms with E-state index in [9.17, 15) is 14.4 Å². The molecule has 1 fully saturated rings. The number of hydrogen-bond donors (Lipinski definition) is 1. The Morgan fingerprint density at radius 1 is 1.42 bits per heavy atom. The van der Waals surface area contributed by atoms with Crippen molar-refractivity contribution >= 4 is 35.3 Å². The summed E-state index contributed by atoms with van der Waals surface area (Å²) in [7, 11) is 0. The lowest BCUT2D eigenvalue weighted by Crippen LogP contribution is -2.54. The van der Waals surface area contributed by atoms with Gasteiger partial charge in [0.25, 0.3) is 11.8 Å². The lowest BCUT2D eigenvalue weighted by Gasteiger charge is -2.25. The van der Waals surface area contributed by atoms with Crippen molar-refractivity contribution < 1.29 is 14.4 Å². The molecule has 0 atom stereocenters. The van der Waals surface area contributed by atoms with Crippen LogP contribution in [0.2, 0.25) is 0 Å². The number of rotatable bonds is 3. The number of thiophene rings is 1. The predicted molar refractivity (Wildman–Crippen MR) is 72.5 cm³/mol. The van der Waals surface area contributed by atoms with Crippen LogP contribution in [0.25, 0.3) is 6.08 Å². The van der Waals surface area contributed by atoms with Crippen LogP contribution in [0, 0.1) is 6.92 Å². The summed E-state index contributed by atoms with van der Waals surface area (Å²) in [5, 5.41) is 4.02. The van der Waals surface area contributed by atoms with Crippen LogP contribution in [0.4, 0.5) is 4.79 Å². The van der Waals surface area contributed by atoms with Gasteiger partial charge in [-0.05, 0) is 30.0 Å². The molecule has 1 aliphatic rings. The van der Waals surface area contributed by atoms with E-state index in [0.29, 0.717) is 0 Å². The Morgan fingerprint density at radius 2 is 2.16 bits per heavy atom. The van der Waals surface area contributed by atoms with Crippen LogP contribution in [-0.4, -0.2) is 29.3 Å². The smallest absolute Gasteiger partial charge is 0.273 e. The predicted octanol–water partition coefficient (Wildman–Crippen LogP) is 1.70. The summed E-state index contributed by atoms with van der Waals surface area (Å²) in [6.07, 6.45) is 2.95. The zero-order valence-corrected chi connectivity index (χ0v) is 11.1. The first-order chi connectivity index (χ1) is 9.04. The first-order valence-electron chi connectivity index (χ1n) is 5.58. The highest BCUT2D eigenvalue weighted by atomic mass is 32.1. The van der Waals surface area contributed by atoms with Gasteiger partial charge in [-0.1, -0.05) is 6.08 Å². The normalized spacial score (nSPS) is 17.8. The summed E-state index contributed by atoms with van der Waals surface area (Å²) in [4.78, 5) is 37.1. The van der Waals surface area contributed by atoms with Gasteiger partial charge in [-0.3, -0.25) is 19.8 Å². The average Bonchev–Trinajstić information content (AvgIpc) is 2.76. The average molecular weight is 276 g/mol. The largest absolute Gasteiger partial charge is 0.331 e. The molecule has 1 saturated heterocycles. The van der Waals surface area contributed by atoms with Gasteiger partial charge >= 0.3 is 6.03 Å². The Hall–Kier alpha value is -2.21. The summed E-state index contributed by atoms with van der Waals surface area (Å²) in [6.45, 7) is 5.44. The van der Waals surface area contributed by atoms with Crippen LogP contribution >= 0.6 is 11.3 Å². The molecule has 0 unspecified atom stereocenters. The van der Waals surface area contributed by atoms with Crippen LogP contribution < -0.4 is 5.32 Å². The number of amides is 4. The number of imide groups is 2. The fraction of sp³-hybridized carbons (Fsp3) is 0.154. The number of nitrogens with zero attached hydrogens (tertiary/aromatic N) is 1. The van der Waals surface area contributed by atoms with E-state index in [1.165, 1.54) is 23.5 Å². The molecule has 6 heteroatoms. The molecule has 0 radical (unpaired) electrons. The van der Waals surface area contributed by atoms with E-state index >= 15 is 0 Å². The van der Waals surface area contributed by atoms with Gasteiger partial charge in [-0.2, -0.15) is 0 Å². The molecule has 4 amide bonds. The van der Waals surface area contributed by atoms with Gasteiger partial charge in [-0.25, -0.2) is 4.79 Å². The first-order valence-corrected chi connectivity index (χ1v) is 6.46. The minimum atomic E-state index is -0.713. The monoisotopic (exact) mass is 276 g/mol. The van der Waals surface area contributed by atoms with Crippen molar-refractivity contribution in [3.8, 4) is 0 Å². The summed E-state index contributed by atoms with van der Waals surface area (Å²) >= 11 is 1.43. The van der Waals surface area contributed by atoms with Gasteiger partial charge in [0.15, 0.2) is 0 Å². The maximum absolute atomic E-state index is 12.1. The fourth-order valence-corrected chi connectivity index (χ4v) is 2.51. The maximum atomic E-state index is 12.1. The summed E-state index contributed by atoms with van der Waals surface area (Å²) in [6, 6.07) is 1.18. The molecular weight excluding hydrogens is 264 g/mol. The molecule has 2 rings (SSSR count). The Kier molecular flexibility index (Phi) is 3.62. The number of nitrogens with one attached hydrogen (secondary N) is 1. The van der Waals surface area contributed by atoms with E-state index in [4.69, 9.17) is 0 Å². The standard InChI is InChI=1S/C13H12N2O3S/c1-3-5-15-12(17)9(11(16)14-13(15)18)7-10-8(2)4-6-19-10/h3-4,6-7H,1,5H2,2H3,(H,14,16,18)/b9-7-. The second-order valence-corrected chi connectivity index (χ2v) is 4.94. The van der Waals surface area contributed by atoms with Gasteiger partial charge in [0.1, 0.15) is 5.57 Å². The van der Waals surface area contributed by atoms with Gasteiger partial charge in [0.05, 0.1) is 0 Å². The highest BCUT2D eigenvalue weighted by Crippen LogP contribution is 2.21. The third-order valence-electron chi connectivity index (χ3n) is 2.67. The molecule has 2 heterocycles. The topological polar surface area (TPSA) is 66.5 Å². The molecule has 0 spiro atoms. The van der Waals surface area contributed by atoms with E-state index in [1.54, 1.807) is 0 Å². The van der Waals surface area contributed by atoms with Crippen molar-refractivity contribution in [1.82, 2.24) is 10.2 Å². The Balaban J connectivity index is 2.39. The molecule has 1 aliphatic heterocycles. The summed E-state index contributed by atoms with van der Waals surface area (Å²) < 4.78 is 0. The van der Waals surface area contributed by atoms with Gasteiger partial charge in [-0.15, -0.1) is 17.9 Å². The Labute approximate surface area is 114 Å². The lowest BCUT2D eigenvalue weighted by molar-refractivity contribution is -0.129. The number of urea groups is 1. The van der Waals surface area contributed by atoms with Crippen LogP contribution in [0.1, 0.15) is 10.4 Å². The molecule has 5 nitrogen and oxygen atoms in total. The molecule has 0 saturated carbocycles. The Bertz CT molecular complexity index is 601. The Morgan fingerprint density at radius 3 is 2.74 bits per heavy atom. The van der Waals surface area contributed by atoms with Crippen molar-refractivity contribution in [1.29, 1.82) is 0 Å². The lowest BCUT2D eigenvalue weighted by atomic mass is 10.1. The molecular formula is C13H12N2O3S. The van der Waals surface area contributed by atoms with E-state index in [1.807, 2.05) is 18.4 Å². The second kappa shape index (κ2) is 5.19. The molecule has 0 bridgehead atoms. The number of carbonyl (C=O) groups is 3. The van der Waals surface area contributed by atoms with Gasteiger partial charge in [0, 0.05) is 11.4 Å². The SMILES string of the molecule is C=CCN1C(=O)NC(=O)/C(=C/c2sccc2C)C1=O. The van der Waals surface area contributed by atoms with Crippen LogP contribution in [0.3, 0.4) is 0 Å². The molecule has 1 aromatic rings. The minimum Gasteiger partial charge on any atom is -0.273 e. The van der Waals surface area contributed by atoms with Gasteiger partial charge < -0.3 is 0 Å². The maximum Gasteiger partial charge on any atom is 0.331 e. The third-order valence-corrected chi connectivity index (χ3v) is 3.64. The van der Waals surface area contributed by atoms with Crippen molar-refractivity contribution in [3.05, 3.63) is 40.1 Å². The van der Waals surface area contributed by atoms with Crippen molar-refractivity contribution in [2.75, 3.05) is 6.54 Å². The van der Waals surface area contributed by atoms with Crippen molar-refractivity contribution in [2.24, 2.45) is 0 Å². The number of barbiturate groups is 1. The zero-order chi connectivity index (χ0) is 14.0. The second-order valence-electron chi connectivity index (χ2n) is 3.99. The fourth-order valence-electron chi connectivity index (χ4n) is 1.65. The van der Waals surface area contributed by atoms with Crippen LogP contribution in [0.15, 0.2) is 29.7 Å². The van der Waals surface area contributed by atoms with Crippen molar-refractivity contribution in [3.63, 3.8) is 0 Å². The number of hydrogen-bond acceptors (Lipinski definition) is 4. The number of carbonyl (C=O) groups excluding carboxylic acids is 3. The van der Waals surface area contributed by atoms with E-state index < -0.39 is 17.8 Å². The summed E-state index contributed by atoms with van der Waals surface area (Å²) in [5.74, 6) is -1.26. The van der Waals surface area contributed by atoms with Crippen LogP contribution in [-0.2, 0) is 9.59 Å². The zero-order valence-electron chi connectivity index (χ0n) is 10.3. The highest BCUT2D eigenvalue weighted by molar-refractivity contribution is 7.11. The quantitative estimate of drug-likeness (QED) is 0.519. The number of aryl methyl sites for hydroxylation is 1. The highest BCUT2D eigenvalue weighted by Gasteiger charge is 2.34. The first kappa shape index (κ1) is 13.2. The molecule has 19 heavy (non-hydrogen) atoms. The molecule has 0 aliphatic carbocycles. The van der Waals surface area contributed by atoms with E-state index in [-0.39, 0.29) is 12.1 Å². The minimum absolute atomic E-state index is 0.0352. The third kappa shape index (κ3) is 2.48. The van der Waals surface area contributed by atoms with Crippen LogP contribution in [0.5, 0.6) is 0 Å². The van der Waals surface area contributed by atoms with E-state index in [0.717, 1.165) is 15.3 Å². The molecule has 1 aromatic heterocycles. The van der Waals surface area contributed by atoms with Gasteiger partial charge in [0.2, 0.25) is 0 Å². The molecule has 98 valence electrons. The molecule has 1 N–H and O–H groups in total. The van der Waals surface area contributed by atoms with E-state index in [2.05, 4.69) is 11.9 Å².